The van der Waals surface area contributed by atoms with Crippen LogP contribution in [0.3, 0.4) is 0 Å². The van der Waals surface area contributed by atoms with Crippen LogP contribution >= 0.6 is 11.6 Å². The van der Waals surface area contributed by atoms with Crippen LogP contribution in [0.5, 0.6) is 0 Å². The second-order valence-corrected chi connectivity index (χ2v) is 5.29. The summed E-state index contributed by atoms with van der Waals surface area (Å²) in [4.78, 5) is 1.36. The molecule has 2 atom stereocenters. The average molecular weight is 288 g/mol. The van der Waals surface area contributed by atoms with E-state index in [9.17, 15) is 0 Å². The third-order valence-corrected chi connectivity index (χ3v) is 4.03. The van der Waals surface area contributed by atoms with Crippen LogP contribution in [0.4, 0.5) is 0 Å². The smallest absolute Gasteiger partial charge is 0.189 e. The monoisotopic (exact) mass is 287 g/mol. The van der Waals surface area contributed by atoms with E-state index in [2.05, 4.69) is 38.1 Å². The van der Waals surface area contributed by atoms with Gasteiger partial charge in [0.2, 0.25) is 0 Å². The summed E-state index contributed by atoms with van der Waals surface area (Å²) >= 11 is 6.18. The van der Waals surface area contributed by atoms with Crippen molar-refractivity contribution in [1.82, 2.24) is 25.7 Å². The molecule has 0 saturated carbocycles. The standard InChI is InChI=1S/C12H10ClN7/c1-12(7-5-3-2-4-6-7)8-9(14-17-12)10(13)16-20-11(8)15-18-19-20/h2-6,8,17H,1H3/t8-,12-/m1/s1. The average Bonchev–Trinajstić information content (AvgIpc) is 3.05. The molecule has 4 rings (SSSR count). The minimum Gasteiger partial charge on any atom is -0.298 e. The molecule has 0 amide bonds. The summed E-state index contributed by atoms with van der Waals surface area (Å²) in [5, 5.41) is 20.3. The molecule has 2 aliphatic heterocycles. The lowest BCUT2D eigenvalue weighted by Crippen LogP contribution is -2.42. The zero-order chi connectivity index (χ0) is 13.7. The van der Waals surface area contributed by atoms with Crippen LogP contribution in [0, 0.1) is 0 Å². The van der Waals surface area contributed by atoms with Gasteiger partial charge in [0.1, 0.15) is 5.71 Å². The summed E-state index contributed by atoms with van der Waals surface area (Å²) in [5.74, 6) is 0.453. The van der Waals surface area contributed by atoms with Gasteiger partial charge in [-0.2, -0.15) is 5.10 Å². The number of hydrogen-bond acceptors (Lipinski definition) is 6. The van der Waals surface area contributed by atoms with Gasteiger partial charge in [-0.05, 0) is 22.9 Å². The maximum absolute atomic E-state index is 6.18. The van der Waals surface area contributed by atoms with Crippen molar-refractivity contribution in [2.24, 2.45) is 10.2 Å². The first-order chi connectivity index (χ1) is 9.70. The van der Waals surface area contributed by atoms with Gasteiger partial charge in [-0.15, -0.1) is 15.0 Å². The number of nitrogens with one attached hydrogen (secondary N) is 1. The predicted molar refractivity (Wildman–Crippen MR) is 73.6 cm³/mol. The van der Waals surface area contributed by atoms with E-state index in [1.165, 1.54) is 4.79 Å². The Hall–Kier alpha value is -2.28. The van der Waals surface area contributed by atoms with Crippen molar-refractivity contribution in [2.75, 3.05) is 0 Å². The van der Waals surface area contributed by atoms with Crippen molar-refractivity contribution in [3.8, 4) is 0 Å². The van der Waals surface area contributed by atoms with Crippen LogP contribution in [0.15, 0.2) is 40.5 Å². The Balaban J connectivity index is 1.91. The van der Waals surface area contributed by atoms with Gasteiger partial charge >= 0.3 is 0 Å². The van der Waals surface area contributed by atoms with Gasteiger partial charge in [0.05, 0.1) is 11.5 Å². The molecule has 100 valence electrons. The Morgan fingerprint density at radius 3 is 2.90 bits per heavy atom. The zero-order valence-corrected chi connectivity index (χ0v) is 11.3. The number of benzene rings is 1. The summed E-state index contributed by atoms with van der Waals surface area (Å²) in [5.41, 5.74) is 4.46. The lowest BCUT2D eigenvalue weighted by molar-refractivity contribution is 0.367. The molecular weight excluding hydrogens is 278 g/mol. The topological polar surface area (TPSA) is 80.4 Å². The fraction of sp³-hybridized carbons (Fsp3) is 0.250. The minimum absolute atomic E-state index is 0.176. The predicted octanol–water partition coefficient (Wildman–Crippen LogP) is 1.05. The molecule has 0 spiro atoms. The number of hydrogen-bond donors (Lipinski definition) is 1. The largest absolute Gasteiger partial charge is 0.298 e. The van der Waals surface area contributed by atoms with Crippen LogP contribution in [0.25, 0.3) is 0 Å². The Kier molecular flexibility index (Phi) is 2.23. The molecule has 1 N–H and O–H groups in total. The molecule has 20 heavy (non-hydrogen) atoms. The summed E-state index contributed by atoms with van der Waals surface area (Å²) in [6, 6.07) is 10.0. The Morgan fingerprint density at radius 2 is 2.10 bits per heavy atom. The molecule has 0 radical (unpaired) electrons. The molecule has 0 fully saturated rings. The lowest BCUT2D eigenvalue weighted by atomic mass is 9.78. The number of rotatable bonds is 1. The van der Waals surface area contributed by atoms with Crippen molar-refractivity contribution in [3.05, 3.63) is 41.7 Å². The van der Waals surface area contributed by atoms with Gasteiger partial charge in [-0.3, -0.25) is 5.43 Å². The number of nitrogens with zero attached hydrogens (tertiary/aromatic N) is 6. The van der Waals surface area contributed by atoms with E-state index < -0.39 is 5.54 Å². The molecule has 2 aromatic rings. The minimum atomic E-state index is -0.459. The molecule has 2 aliphatic rings. The molecule has 0 unspecified atom stereocenters. The number of aromatic nitrogens is 4. The number of hydrazone groups is 1. The lowest BCUT2D eigenvalue weighted by Gasteiger charge is -2.31. The summed E-state index contributed by atoms with van der Waals surface area (Å²) < 4.78 is 0. The van der Waals surface area contributed by atoms with Gasteiger partial charge in [0.15, 0.2) is 11.0 Å². The van der Waals surface area contributed by atoms with E-state index in [4.69, 9.17) is 11.6 Å². The number of fused-ring (bicyclic) bond motifs is 3. The molecular formula is C12H10ClN7. The highest BCUT2D eigenvalue weighted by Crippen LogP contribution is 2.42. The van der Waals surface area contributed by atoms with Crippen LogP contribution in [-0.4, -0.2) is 31.2 Å². The van der Waals surface area contributed by atoms with E-state index in [0.717, 1.165) is 5.56 Å². The van der Waals surface area contributed by atoms with Crippen LogP contribution in [0.2, 0.25) is 0 Å². The van der Waals surface area contributed by atoms with E-state index in [0.29, 0.717) is 16.7 Å². The van der Waals surface area contributed by atoms with E-state index in [1.807, 2.05) is 30.3 Å². The Labute approximate surface area is 119 Å². The fourth-order valence-electron chi connectivity index (χ4n) is 2.71. The van der Waals surface area contributed by atoms with Crippen LogP contribution < -0.4 is 5.43 Å². The van der Waals surface area contributed by atoms with Crippen LogP contribution in [-0.2, 0) is 5.54 Å². The third-order valence-electron chi connectivity index (χ3n) is 3.76. The normalized spacial score (nSPS) is 27.2. The SMILES string of the molecule is C[C@]1(c2ccccc2)NN=C2C(Cl)=Nn3nnnc3[C@@H]21. The molecule has 0 bridgehead atoms. The summed E-state index contributed by atoms with van der Waals surface area (Å²) in [7, 11) is 0. The van der Waals surface area contributed by atoms with Crippen molar-refractivity contribution < 1.29 is 0 Å². The van der Waals surface area contributed by atoms with Crippen molar-refractivity contribution >= 4 is 22.5 Å². The fourth-order valence-corrected chi connectivity index (χ4v) is 2.93. The quantitative estimate of drug-likeness (QED) is 0.850. The van der Waals surface area contributed by atoms with Crippen molar-refractivity contribution in [2.45, 2.75) is 18.4 Å². The number of tetrazole rings is 1. The maximum Gasteiger partial charge on any atom is 0.189 e. The van der Waals surface area contributed by atoms with Crippen molar-refractivity contribution in [1.29, 1.82) is 0 Å². The molecule has 7 nitrogen and oxygen atoms in total. The first-order valence-corrected chi connectivity index (χ1v) is 6.51. The first-order valence-electron chi connectivity index (χ1n) is 6.13. The number of halogens is 1. The van der Waals surface area contributed by atoms with Gasteiger partial charge < -0.3 is 0 Å². The summed E-state index contributed by atoms with van der Waals surface area (Å²) in [6.45, 7) is 2.05. The van der Waals surface area contributed by atoms with Gasteiger partial charge in [-0.1, -0.05) is 41.9 Å². The highest BCUT2D eigenvalue weighted by molar-refractivity contribution is 6.84. The molecule has 1 aromatic heterocycles. The Bertz CT molecular complexity index is 735. The first kappa shape index (κ1) is 11.5. The van der Waals surface area contributed by atoms with Gasteiger partial charge in [-0.25, -0.2) is 0 Å². The maximum atomic E-state index is 6.18. The van der Waals surface area contributed by atoms with Crippen LogP contribution in [0.1, 0.15) is 24.2 Å². The highest BCUT2D eigenvalue weighted by atomic mass is 35.5. The van der Waals surface area contributed by atoms with E-state index in [1.54, 1.807) is 0 Å². The van der Waals surface area contributed by atoms with Crippen molar-refractivity contribution in [3.63, 3.8) is 0 Å². The van der Waals surface area contributed by atoms with Gasteiger partial charge in [0.25, 0.3) is 0 Å². The van der Waals surface area contributed by atoms with Gasteiger partial charge in [0, 0.05) is 0 Å². The van der Waals surface area contributed by atoms with E-state index >= 15 is 0 Å². The second kappa shape index (κ2) is 3.86. The third kappa shape index (κ3) is 1.38. The molecule has 8 heteroatoms. The molecule has 3 heterocycles. The second-order valence-electron chi connectivity index (χ2n) is 4.93. The molecule has 1 aromatic carbocycles. The Morgan fingerprint density at radius 1 is 1.30 bits per heavy atom. The zero-order valence-electron chi connectivity index (χ0n) is 10.5. The molecule has 0 saturated heterocycles. The summed E-state index contributed by atoms with van der Waals surface area (Å²) in [6.07, 6.45) is 0. The van der Waals surface area contributed by atoms with E-state index in [-0.39, 0.29) is 5.92 Å². The molecule has 0 aliphatic carbocycles. The highest BCUT2D eigenvalue weighted by Gasteiger charge is 2.50.